The average molecular weight is 322 g/mol. The maximum atomic E-state index is 12.1. The molecule has 5 nitrogen and oxygen atoms in total. The van der Waals surface area contributed by atoms with E-state index < -0.39 is 0 Å². The quantitative estimate of drug-likeness (QED) is 0.846. The number of carbonyl (C=O) groups excluding carboxylic acids is 2. The zero-order chi connectivity index (χ0) is 15.5. The molecule has 22 heavy (non-hydrogen) atoms. The smallest absolute Gasteiger partial charge is 0.254 e. The van der Waals surface area contributed by atoms with Gasteiger partial charge in [-0.05, 0) is 50.5 Å². The molecule has 3 rings (SSSR count). The molecule has 6 heteroatoms. The van der Waals surface area contributed by atoms with Gasteiger partial charge in [0.25, 0.3) is 5.91 Å². The first-order chi connectivity index (χ1) is 10.6. The zero-order valence-electron chi connectivity index (χ0n) is 12.8. The van der Waals surface area contributed by atoms with Crippen LogP contribution in [0.2, 0.25) is 0 Å². The van der Waals surface area contributed by atoms with Crippen molar-refractivity contribution < 1.29 is 14.3 Å². The number of nitrogens with one attached hydrogen (secondary N) is 2. The SMILES string of the molecule is CC1CCC(CCC(=O)Nc2sccc2C(=O)NC2CC2)O1. The highest BCUT2D eigenvalue weighted by molar-refractivity contribution is 7.14. The van der Waals surface area contributed by atoms with Crippen LogP contribution in [-0.4, -0.2) is 30.1 Å². The van der Waals surface area contributed by atoms with Crippen LogP contribution in [0, 0.1) is 0 Å². The molecule has 2 unspecified atom stereocenters. The predicted molar refractivity (Wildman–Crippen MR) is 86.2 cm³/mol. The van der Waals surface area contributed by atoms with Crippen LogP contribution in [0.1, 0.15) is 55.8 Å². The van der Waals surface area contributed by atoms with E-state index in [0.717, 1.165) is 32.1 Å². The fourth-order valence-corrected chi connectivity index (χ4v) is 3.46. The number of ether oxygens (including phenoxy) is 1. The van der Waals surface area contributed by atoms with Gasteiger partial charge in [0.05, 0.1) is 17.8 Å². The predicted octanol–water partition coefficient (Wildman–Crippen LogP) is 2.93. The molecule has 1 saturated carbocycles. The van der Waals surface area contributed by atoms with E-state index >= 15 is 0 Å². The van der Waals surface area contributed by atoms with Gasteiger partial charge in [0, 0.05) is 12.5 Å². The van der Waals surface area contributed by atoms with Gasteiger partial charge in [-0.2, -0.15) is 0 Å². The summed E-state index contributed by atoms with van der Waals surface area (Å²) in [6.07, 6.45) is 5.88. The van der Waals surface area contributed by atoms with Crippen LogP contribution < -0.4 is 10.6 Å². The lowest BCUT2D eigenvalue weighted by molar-refractivity contribution is -0.116. The van der Waals surface area contributed by atoms with Crippen molar-refractivity contribution in [1.82, 2.24) is 5.32 Å². The molecule has 1 aromatic heterocycles. The van der Waals surface area contributed by atoms with Crippen molar-refractivity contribution in [2.24, 2.45) is 0 Å². The maximum absolute atomic E-state index is 12.1. The molecule has 0 radical (unpaired) electrons. The second-order valence-corrected chi connectivity index (χ2v) is 7.06. The second-order valence-electron chi connectivity index (χ2n) is 6.14. The molecule has 1 aliphatic heterocycles. The van der Waals surface area contributed by atoms with Crippen LogP contribution in [0.3, 0.4) is 0 Å². The highest BCUT2D eigenvalue weighted by atomic mass is 32.1. The third-order valence-electron chi connectivity index (χ3n) is 4.09. The molecular weight excluding hydrogens is 300 g/mol. The van der Waals surface area contributed by atoms with Gasteiger partial charge in [0.1, 0.15) is 5.00 Å². The summed E-state index contributed by atoms with van der Waals surface area (Å²) in [5.41, 5.74) is 0.566. The van der Waals surface area contributed by atoms with Crippen molar-refractivity contribution in [2.45, 2.75) is 63.7 Å². The summed E-state index contributed by atoms with van der Waals surface area (Å²) in [5, 5.41) is 8.29. The molecule has 2 atom stereocenters. The first kappa shape index (κ1) is 15.5. The Morgan fingerprint density at radius 3 is 2.82 bits per heavy atom. The number of anilines is 1. The van der Waals surface area contributed by atoms with Gasteiger partial charge < -0.3 is 15.4 Å². The molecule has 1 aliphatic carbocycles. The van der Waals surface area contributed by atoms with Crippen LogP contribution in [0.5, 0.6) is 0 Å². The van der Waals surface area contributed by atoms with Crippen molar-refractivity contribution in [3.8, 4) is 0 Å². The largest absolute Gasteiger partial charge is 0.375 e. The third-order valence-corrected chi connectivity index (χ3v) is 4.92. The summed E-state index contributed by atoms with van der Waals surface area (Å²) in [6.45, 7) is 2.07. The lowest BCUT2D eigenvalue weighted by Crippen LogP contribution is -2.26. The molecule has 2 heterocycles. The molecule has 120 valence electrons. The molecule has 2 N–H and O–H groups in total. The Morgan fingerprint density at radius 2 is 2.14 bits per heavy atom. The molecule has 1 saturated heterocycles. The molecular formula is C16H22N2O3S. The summed E-state index contributed by atoms with van der Waals surface area (Å²) >= 11 is 1.39. The summed E-state index contributed by atoms with van der Waals surface area (Å²) in [7, 11) is 0. The van der Waals surface area contributed by atoms with Crippen LogP contribution in [0.25, 0.3) is 0 Å². The van der Waals surface area contributed by atoms with Gasteiger partial charge >= 0.3 is 0 Å². The van der Waals surface area contributed by atoms with Crippen LogP contribution in [0.15, 0.2) is 11.4 Å². The minimum Gasteiger partial charge on any atom is -0.375 e. The summed E-state index contributed by atoms with van der Waals surface area (Å²) in [5.74, 6) is -0.141. The minimum atomic E-state index is -0.0907. The summed E-state index contributed by atoms with van der Waals surface area (Å²) in [6, 6.07) is 2.08. The number of hydrogen-bond donors (Lipinski definition) is 2. The first-order valence-electron chi connectivity index (χ1n) is 7.95. The standard InChI is InChI=1S/C16H22N2O3S/c1-10-2-5-12(21-10)6-7-14(19)18-16-13(8-9-22-16)15(20)17-11-3-4-11/h8-12H,2-7H2,1H3,(H,17,20)(H,18,19). The van der Waals surface area contributed by atoms with E-state index in [9.17, 15) is 9.59 Å². The number of thiophene rings is 1. The lowest BCUT2D eigenvalue weighted by Gasteiger charge is -2.11. The maximum Gasteiger partial charge on any atom is 0.254 e. The van der Waals surface area contributed by atoms with Crippen LogP contribution in [-0.2, 0) is 9.53 Å². The lowest BCUT2D eigenvalue weighted by atomic mass is 10.1. The normalized spacial score (nSPS) is 24.2. The van der Waals surface area contributed by atoms with E-state index in [-0.39, 0.29) is 17.9 Å². The van der Waals surface area contributed by atoms with Crippen LogP contribution in [0.4, 0.5) is 5.00 Å². The van der Waals surface area contributed by atoms with E-state index in [1.807, 2.05) is 5.38 Å². The number of carbonyl (C=O) groups is 2. The van der Waals surface area contributed by atoms with E-state index in [2.05, 4.69) is 17.6 Å². The van der Waals surface area contributed by atoms with E-state index in [4.69, 9.17) is 4.74 Å². The van der Waals surface area contributed by atoms with E-state index in [1.54, 1.807) is 6.07 Å². The highest BCUT2D eigenvalue weighted by Gasteiger charge is 2.26. The van der Waals surface area contributed by atoms with Crippen molar-refractivity contribution in [2.75, 3.05) is 5.32 Å². The number of hydrogen-bond acceptors (Lipinski definition) is 4. The Morgan fingerprint density at radius 1 is 1.32 bits per heavy atom. The fraction of sp³-hybridized carbons (Fsp3) is 0.625. The van der Waals surface area contributed by atoms with Gasteiger partial charge in [-0.15, -0.1) is 11.3 Å². The summed E-state index contributed by atoms with van der Waals surface area (Å²) < 4.78 is 5.72. The van der Waals surface area contributed by atoms with Crippen molar-refractivity contribution >= 4 is 28.2 Å². The van der Waals surface area contributed by atoms with Crippen molar-refractivity contribution in [3.63, 3.8) is 0 Å². The Labute approximate surface area is 134 Å². The molecule has 2 fully saturated rings. The summed E-state index contributed by atoms with van der Waals surface area (Å²) in [4.78, 5) is 24.2. The van der Waals surface area contributed by atoms with Gasteiger partial charge in [-0.25, -0.2) is 0 Å². The topological polar surface area (TPSA) is 67.4 Å². The molecule has 0 bridgehead atoms. The van der Waals surface area contributed by atoms with Crippen molar-refractivity contribution in [1.29, 1.82) is 0 Å². The Bertz CT molecular complexity index is 553. The average Bonchev–Trinajstić information content (AvgIpc) is 3.00. The molecule has 1 aromatic rings. The van der Waals surface area contributed by atoms with Gasteiger partial charge in [0.15, 0.2) is 0 Å². The fourth-order valence-electron chi connectivity index (χ4n) is 2.65. The van der Waals surface area contributed by atoms with Gasteiger partial charge in [0.2, 0.25) is 5.91 Å². The Kier molecular flexibility index (Phi) is 4.78. The monoisotopic (exact) mass is 322 g/mol. The molecule has 0 spiro atoms. The first-order valence-corrected chi connectivity index (χ1v) is 8.83. The third kappa shape index (κ3) is 4.08. The molecule has 2 amide bonds. The van der Waals surface area contributed by atoms with Gasteiger partial charge in [-0.3, -0.25) is 9.59 Å². The zero-order valence-corrected chi connectivity index (χ0v) is 13.6. The van der Waals surface area contributed by atoms with E-state index in [1.165, 1.54) is 11.3 Å². The Balaban J connectivity index is 1.48. The number of amides is 2. The van der Waals surface area contributed by atoms with Crippen molar-refractivity contribution in [3.05, 3.63) is 17.0 Å². The highest BCUT2D eigenvalue weighted by Crippen LogP contribution is 2.27. The minimum absolute atomic E-state index is 0.0499. The van der Waals surface area contributed by atoms with Gasteiger partial charge in [-0.1, -0.05) is 0 Å². The Hall–Kier alpha value is -1.40. The van der Waals surface area contributed by atoms with Crippen LogP contribution >= 0.6 is 11.3 Å². The molecule has 0 aromatic carbocycles. The number of rotatable bonds is 6. The second kappa shape index (κ2) is 6.79. The van der Waals surface area contributed by atoms with E-state index in [0.29, 0.717) is 29.1 Å². The molecule has 2 aliphatic rings.